The summed E-state index contributed by atoms with van der Waals surface area (Å²) in [6, 6.07) is 21.9. The van der Waals surface area contributed by atoms with Crippen LogP contribution < -0.4 is 5.32 Å². The van der Waals surface area contributed by atoms with Gasteiger partial charge in [0, 0.05) is 34.9 Å². The average Bonchev–Trinajstić information content (AvgIpc) is 3.15. The van der Waals surface area contributed by atoms with Crippen LogP contribution in [0.2, 0.25) is 0 Å². The molecule has 170 valence electrons. The summed E-state index contributed by atoms with van der Waals surface area (Å²) in [4.78, 5) is 12.7. The van der Waals surface area contributed by atoms with Gasteiger partial charge in [-0.15, -0.1) is 0 Å². The number of aromatic nitrogens is 1. The highest BCUT2D eigenvalue weighted by atomic mass is 19.4. The number of amides is 1. The molecule has 0 bridgehead atoms. The van der Waals surface area contributed by atoms with Crippen LogP contribution in [0.5, 0.6) is 0 Å². The summed E-state index contributed by atoms with van der Waals surface area (Å²) in [6.45, 7) is 2.62. The van der Waals surface area contributed by atoms with Crippen molar-refractivity contribution in [3.8, 4) is 6.07 Å². The first-order valence-electron chi connectivity index (χ1n) is 10.5. The summed E-state index contributed by atoms with van der Waals surface area (Å²) < 4.78 is 40.9. The Morgan fingerprint density at radius 2 is 1.79 bits per heavy atom. The van der Waals surface area contributed by atoms with E-state index in [1.165, 1.54) is 18.2 Å². The predicted octanol–water partition coefficient (Wildman–Crippen LogP) is 6.56. The summed E-state index contributed by atoms with van der Waals surface area (Å²) in [5.41, 5.74) is 2.73. The van der Waals surface area contributed by atoms with E-state index in [1.54, 1.807) is 0 Å². The number of nitriles is 1. The summed E-state index contributed by atoms with van der Waals surface area (Å²) in [7, 11) is 0. The molecule has 0 radical (unpaired) electrons. The van der Waals surface area contributed by atoms with Crippen LogP contribution in [0.15, 0.2) is 84.6 Å². The van der Waals surface area contributed by atoms with Crippen molar-refractivity contribution < 1.29 is 18.0 Å². The highest BCUT2D eigenvalue weighted by molar-refractivity contribution is 6.10. The maximum absolute atomic E-state index is 13.0. The van der Waals surface area contributed by atoms with E-state index < -0.39 is 17.6 Å². The molecule has 1 N–H and O–H groups in total. The van der Waals surface area contributed by atoms with Crippen molar-refractivity contribution in [1.82, 2.24) is 4.57 Å². The molecule has 0 atom stereocenters. The molecule has 7 heteroatoms. The Morgan fingerprint density at radius 3 is 2.50 bits per heavy atom. The van der Waals surface area contributed by atoms with E-state index in [4.69, 9.17) is 0 Å². The number of carbonyl (C=O) groups excluding carboxylic acids is 1. The van der Waals surface area contributed by atoms with E-state index in [-0.39, 0.29) is 11.3 Å². The predicted molar refractivity (Wildman–Crippen MR) is 126 cm³/mol. The third kappa shape index (κ3) is 5.02. The molecule has 0 spiro atoms. The zero-order valence-corrected chi connectivity index (χ0v) is 18.2. The van der Waals surface area contributed by atoms with E-state index in [0.717, 1.165) is 34.2 Å². The van der Waals surface area contributed by atoms with Crippen LogP contribution in [0, 0.1) is 18.3 Å². The first-order chi connectivity index (χ1) is 16.2. The fourth-order valence-corrected chi connectivity index (χ4v) is 3.69. The smallest absolute Gasteiger partial charge is 0.342 e. The minimum atomic E-state index is -4.53. The number of benzene rings is 3. The van der Waals surface area contributed by atoms with Crippen LogP contribution in [-0.4, -0.2) is 10.5 Å². The van der Waals surface area contributed by atoms with Gasteiger partial charge in [0.15, 0.2) is 0 Å². The molecule has 4 aromatic rings. The quantitative estimate of drug-likeness (QED) is 0.271. The van der Waals surface area contributed by atoms with Gasteiger partial charge in [-0.25, -0.2) is 0 Å². The molecule has 0 aliphatic carbocycles. The van der Waals surface area contributed by atoms with E-state index >= 15 is 0 Å². The number of alkyl halides is 3. The largest absolute Gasteiger partial charge is 0.416 e. The molecule has 1 aromatic heterocycles. The first kappa shape index (κ1) is 22.9. The Labute approximate surface area is 194 Å². The van der Waals surface area contributed by atoms with Gasteiger partial charge in [0.2, 0.25) is 0 Å². The minimum absolute atomic E-state index is 0.0391. The highest BCUT2D eigenvalue weighted by Crippen LogP contribution is 2.31. The summed E-state index contributed by atoms with van der Waals surface area (Å²) in [6.07, 6.45) is -1.22. The second-order valence-electron chi connectivity index (χ2n) is 7.92. The molecular weight excluding hydrogens is 439 g/mol. The number of anilines is 1. The molecule has 4 nitrogen and oxygen atoms in total. The summed E-state index contributed by atoms with van der Waals surface area (Å²) in [5, 5.41) is 12.8. The van der Waals surface area contributed by atoms with Crippen molar-refractivity contribution >= 4 is 28.6 Å². The number of nitrogens with zero attached hydrogens (tertiary/aromatic N) is 2. The fourth-order valence-electron chi connectivity index (χ4n) is 3.69. The van der Waals surface area contributed by atoms with Gasteiger partial charge in [-0.3, -0.25) is 4.79 Å². The van der Waals surface area contributed by atoms with Gasteiger partial charge in [-0.05, 0) is 42.8 Å². The zero-order chi connectivity index (χ0) is 24.3. The van der Waals surface area contributed by atoms with Gasteiger partial charge >= 0.3 is 6.18 Å². The number of hydrogen-bond acceptors (Lipinski definition) is 2. The Hall–Kier alpha value is -4.31. The van der Waals surface area contributed by atoms with Crippen molar-refractivity contribution in [3.63, 3.8) is 0 Å². The number of nitrogens with one attached hydrogen (secondary N) is 1. The molecule has 0 fully saturated rings. The average molecular weight is 459 g/mol. The topological polar surface area (TPSA) is 57.8 Å². The van der Waals surface area contributed by atoms with Crippen LogP contribution in [0.3, 0.4) is 0 Å². The van der Waals surface area contributed by atoms with Crippen molar-refractivity contribution in [2.75, 3.05) is 5.32 Å². The zero-order valence-electron chi connectivity index (χ0n) is 18.2. The standard InChI is InChI=1S/C27H20F3N3O/c1-18-9-11-19(12-10-18)16-33-17-21(24-7-2-3-8-25(24)33)13-20(15-31)26(34)32-23-6-4-5-22(14-23)27(28,29)30/h2-14,17H,16H2,1H3,(H,32,34)/b20-13-. The van der Waals surface area contributed by atoms with Crippen LogP contribution >= 0.6 is 0 Å². The number of hydrogen-bond donors (Lipinski definition) is 1. The maximum Gasteiger partial charge on any atom is 0.416 e. The normalized spacial score (nSPS) is 11.9. The lowest BCUT2D eigenvalue weighted by atomic mass is 10.1. The Morgan fingerprint density at radius 1 is 1.06 bits per heavy atom. The molecule has 3 aromatic carbocycles. The molecule has 4 rings (SSSR count). The molecule has 1 heterocycles. The van der Waals surface area contributed by atoms with Crippen LogP contribution in [-0.2, 0) is 17.5 Å². The van der Waals surface area contributed by atoms with Gasteiger partial charge in [0.1, 0.15) is 11.6 Å². The number of aryl methyl sites for hydroxylation is 1. The molecule has 34 heavy (non-hydrogen) atoms. The minimum Gasteiger partial charge on any atom is -0.342 e. The van der Waals surface area contributed by atoms with Crippen LogP contribution in [0.4, 0.5) is 18.9 Å². The second kappa shape index (κ2) is 9.28. The number of rotatable bonds is 5. The monoisotopic (exact) mass is 459 g/mol. The van der Waals surface area contributed by atoms with Gasteiger partial charge < -0.3 is 9.88 Å². The third-order valence-corrected chi connectivity index (χ3v) is 5.41. The molecule has 1 amide bonds. The Bertz CT molecular complexity index is 1420. The Kier molecular flexibility index (Phi) is 6.24. The summed E-state index contributed by atoms with van der Waals surface area (Å²) in [5.74, 6) is -0.780. The van der Waals surface area contributed by atoms with Crippen molar-refractivity contribution in [3.05, 3.63) is 107 Å². The number of para-hydroxylation sites is 1. The van der Waals surface area contributed by atoms with Crippen molar-refractivity contribution in [2.24, 2.45) is 0 Å². The van der Waals surface area contributed by atoms with E-state index in [9.17, 15) is 23.2 Å². The molecule has 0 aliphatic rings. The molecule has 0 unspecified atom stereocenters. The van der Waals surface area contributed by atoms with Gasteiger partial charge in [-0.2, -0.15) is 18.4 Å². The SMILES string of the molecule is Cc1ccc(Cn2cc(/C=C(/C#N)C(=O)Nc3cccc(C(F)(F)F)c3)c3ccccc32)cc1. The lowest BCUT2D eigenvalue weighted by Gasteiger charge is -2.09. The fraction of sp³-hybridized carbons (Fsp3) is 0.111. The molecular formula is C27H20F3N3O. The third-order valence-electron chi connectivity index (χ3n) is 5.41. The number of fused-ring (bicyclic) bond motifs is 1. The maximum atomic E-state index is 13.0. The Balaban J connectivity index is 1.65. The molecule has 0 saturated heterocycles. The number of halogens is 3. The van der Waals surface area contributed by atoms with Gasteiger partial charge in [-0.1, -0.05) is 54.1 Å². The van der Waals surface area contributed by atoms with Crippen LogP contribution in [0.1, 0.15) is 22.3 Å². The molecule has 0 aliphatic heterocycles. The summed E-state index contributed by atoms with van der Waals surface area (Å²) >= 11 is 0. The first-order valence-corrected chi connectivity index (χ1v) is 10.5. The van der Waals surface area contributed by atoms with Crippen LogP contribution in [0.25, 0.3) is 17.0 Å². The van der Waals surface area contributed by atoms with E-state index in [2.05, 4.69) is 5.32 Å². The number of carbonyl (C=O) groups is 1. The van der Waals surface area contributed by atoms with Gasteiger partial charge in [0.05, 0.1) is 5.56 Å². The highest BCUT2D eigenvalue weighted by Gasteiger charge is 2.30. The lowest BCUT2D eigenvalue weighted by molar-refractivity contribution is -0.137. The van der Waals surface area contributed by atoms with Crippen molar-refractivity contribution in [1.29, 1.82) is 5.26 Å². The van der Waals surface area contributed by atoms with Crippen molar-refractivity contribution in [2.45, 2.75) is 19.6 Å². The molecule has 0 saturated carbocycles. The second-order valence-corrected chi connectivity index (χ2v) is 7.92. The van der Waals surface area contributed by atoms with E-state index in [1.807, 2.05) is 72.3 Å². The van der Waals surface area contributed by atoms with Gasteiger partial charge in [0.25, 0.3) is 5.91 Å². The lowest BCUT2D eigenvalue weighted by Crippen LogP contribution is -2.14. The van der Waals surface area contributed by atoms with E-state index in [0.29, 0.717) is 12.1 Å².